The van der Waals surface area contributed by atoms with Crippen LogP contribution in [0.2, 0.25) is 0 Å². The quantitative estimate of drug-likeness (QED) is 0.140. The molecule has 0 saturated heterocycles. The van der Waals surface area contributed by atoms with Crippen LogP contribution in [-0.4, -0.2) is 0 Å². The van der Waals surface area contributed by atoms with Crippen molar-refractivity contribution in [1.82, 2.24) is 0 Å². The Morgan fingerprint density at radius 3 is 0.972 bits per heavy atom. The van der Waals surface area contributed by atoms with Gasteiger partial charge in [0.05, 0.1) is 22.7 Å². The molecule has 0 atom stereocenters. The summed E-state index contributed by atoms with van der Waals surface area (Å²) in [4.78, 5) is 5.05. The summed E-state index contributed by atoms with van der Waals surface area (Å²) in [5.41, 5.74) is 14.0. The van der Waals surface area contributed by atoms with Crippen molar-refractivity contribution in [2.24, 2.45) is 0 Å². The molecule has 0 spiro atoms. The minimum absolute atomic E-state index is 1.11. The molecule has 0 bridgehead atoms. The maximum Gasteiger partial charge on any atom is 0.0547 e. The van der Waals surface area contributed by atoms with Crippen LogP contribution in [0.1, 0.15) is 11.1 Å². The molecule has 0 fully saturated rings. The van der Waals surface area contributed by atoms with Crippen LogP contribution in [0.15, 0.2) is 255 Å². The molecule has 72 heavy (non-hydrogen) atoms. The lowest BCUT2D eigenvalue weighted by molar-refractivity contribution is 1.29. The average Bonchev–Trinajstić information content (AvgIpc) is 3.43. The molecule has 0 aromatic heterocycles. The van der Waals surface area contributed by atoms with Crippen molar-refractivity contribution in [2.45, 2.75) is 13.8 Å². The molecule has 14 aromatic carbocycles. The van der Waals surface area contributed by atoms with Gasteiger partial charge in [0.25, 0.3) is 0 Å². The first-order chi connectivity index (χ1) is 35.6. The van der Waals surface area contributed by atoms with Gasteiger partial charge in [0.2, 0.25) is 0 Å². The monoisotopic (exact) mass is 916 g/mol. The van der Waals surface area contributed by atoms with E-state index in [-0.39, 0.29) is 0 Å². The first-order valence-corrected chi connectivity index (χ1v) is 25.0. The van der Waals surface area contributed by atoms with Crippen LogP contribution in [0.3, 0.4) is 0 Å². The third-order valence-corrected chi connectivity index (χ3v) is 15.0. The Labute approximate surface area is 419 Å². The van der Waals surface area contributed by atoms with Crippen molar-refractivity contribution in [1.29, 1.82) is 0 Å². The fourth-order valence-corrected chi connectivity index (χ4v) is 11.8. The number of hydrogen-bond acceptors (Lipinski definition) is 2. The highest BCUT2D eigenvalue weighted by Crippen LogP contribution is 2.54. The Bertz CT molecular complexity index is 4140. The SMILES string of the molecule is Cc1cccc(N(c2cccc3ccccc23)c2cc(-c3cccc4ccccc34)c3ccc4c(N(c5cccc(C)c5)c5cccc6ccccc56)cc(-c5cccc6ccccc56)c5ccc2c3c54)c1. The zero-order valence-corrected chi connectivity index (χ0v) is 40.1. The first kappa shape index (κ1) is 41.7. The lowest BCUT2D eigenvalue weighted by Gasteiger charge is -2.32. The third kappa shape index (κ3) is 6.64. The molecular weight excluding hydrogens is 869 g/mol. The van der Waals surface area contributed by atoms with E-state index >= 15 is 0 Å². The van der Waals surface area contributed by atoms with E-state index in [0.717, 1.165) is 34.1 Å². The van der Waals surface area contributed by atoms with Gasteiger partial charge in [0.1, 0.15) is 0 Å². The Hall–Kier alpha value is -9.24. The highest BCUT2D eigenvalue weighted by molar-refractivity contribution is 6.33. The summed E-state index contributed by atoms with van der Waals surface area (Å²) in [6, 6.07) is 94.9. The van der Waals surface area contributed by atoms with Gasteiger partial charge in [-0.05, 0) is 139 Å². The van der Waals surface area contributed by atoms with Gasteiger partial charge in [0, 0.05) is 43.7 Å². The van der Waals surface area contributed by atoms with Crippen molar-refractivity contribution < 1.29 is 0 Å². The fraction of sp³-hybridized carbons (Fsp3) is 0.0286. The largest absolute Gasteiger partial charge is 0.309 e. The molecule has 14 aromatic rings. The summed E-state index contributed by atoms with van der Waals surface area (Å²) in [7, 11) is 0. The number of rotatable bonds is 8. The second-order valence-corrected chi connectivity index (χ2v) is 19.4. The third-order valence-electron chi connectivity index (χ3n) is 15.0. The average molecular weight is 917 g/mol. The predicted molar refractivity (Wildman–Crippen MR) is 310 cm³/mol. The minimum Gasteiger partial charge on any atom is -0.309 e. The van der Waals surface area contributed by atoms with Crippen molar-refractivity contribution in [2.75, 3.05) is 9.80 Å². The van der Waals surface area contributed by atoms with E-state index in [9.17, 15) is 0 Å². The molecule has 0 saturated carbocycles. The summed E-state index contributed by atoms with van der Waals surface area (Å²) < 4.78 is 0. The van der Waals surface area contributed by atoms with Crippen LogP contribution in [0, 0.1) is 13.8 Å². The van der Waals surface area contributed by atoms with Gasteiger partial charge >= 0.3 is 0 Å². The van der Waals surface area contributed by atoms with Crippen LogP contribution in [-0.2, 0) is 0 Å². The van der Waals surface area contributed by atoms with Crippen LogP contribution in [0.5, 0.6) is 0 Å². The van der Waals surface area contributed by atoms with Gasteiger partial charge in [0.15, 0.2) is 0 Å². The summed E-state index contributed by atoms with van der Waals surface area (Å²) in [6.45, 7) is 4.39. The molecule has 0 amide bonds. The van der Waals surface area contributed by atoms with Gasteiger partial charge in [-0.15, -0.1) is 0 Å². The van der Waals surface area contributed by atoms with E-state index in [1.807, 2.05) is 0 Å². The zero-order valence-electron chi connectivity index (χ0n) is 40.1. The van der Waals surface area contributed by atoms with E-state index in [1.165, 1.54) is 109 Å². The Kier molecular flexibility index (Phi) is 9.69. The lowest BCUT2D eigenvalue weighted by Crippen LogP contribution is -2.13. The van der Waals surface area contributed by atoms with E-state index in [2.05, 4.69) is 278 Å². The Morgan fingerprint density at radius 2 is 0.556 bits per heavy atom. The van der Waals surface area contributed by atoms with Crippen LogP contribution < -0.4 is 9.80 Å². The van der Waals surface area contributed by atoms with Crippen molar-refractivity contribution >= 4 is 110 Å². The molecule has 0 aliphatic carbocycles. The molecule has 0 unspecified atom stereocenters. The van der Waals surface area contributed by atoms with Gasteiger partial charge in [-0.2, -0.15) is 0 Å². The van der Waals surface area contributed by atoms with Crippen molar-refractivity contribution in [3.63, 3.8) is 0 Å². The van der Waals surface area contributed by atoms with Gasteiger partial charge < -0.3 is 9.80 Å². The van der Waals surface area contributed by atoms with Gasteiger partial charge in [-0.3, -0.25) is 0 Å². The minimum atomic E-state index is 1.11. The summed E-state index contributed by atoms with van der Waals surface area (Å²) >= 11 is 0. The van der Waals surface area contributed by atoms with Crippen LogP contribution >= 0.6 is 0 Å². The predicted octanol–water partition coefficient (Wildman–Crippen LogP) is 20.1. The summed E-state index contributed by atoms with van der Waals surface area (Å²) in [6.07, 6.45) is 0. The molecule has 0 radical (unpaired) electrons. The second-order valence-electron chi connectivity index (χ2n) is 19.4. The maximum atomic E-state index is 2.53. The standard InChI is InChI=1S/C70H48N2/c1-45-17-11-27-51(41-45)71(65-35-15-25-49-21-5-9-31-55(49)65)67-43-63(57-33-13-23-47-19-3-7-29-53(47)57)59-38-40-62-68(72(52-28-12-18-46(2)42-52)66-36-16-26-50-22-6-10-32-56(50)66)44-64(60-37-39-61(67)69(59)70(60)62)58-34-14-24-48-20-4-8-30-54(48)58/h3-44H,1-2H3. The smallest absolute Gasteiger partial charge is 0.0547 e. The number of anilines is 6. The van der Waals surface area contributed by atoms with Crippen molar-refractivity contribution in [3.05, 3.63) is 266 Å². The summed E-state index contributed by atoms with van der Waals surface area (Å²) in [5.74, 6) is 0. The molecule has 0 heterocycles. The molecule has 2 nitrogen and oxygen atoms in total. The first-order valence-electron chi connectivity index (χ1n) is 25.0. The van der Waals surface area contributed by atoms with E-state index in [0.29, 0.717) is 0 Å². The zero-order chi connectivity index (χ0) is 47.9. The number of benzene rings is 14. The number of hydrogen-bond donors (Lipinski definition) is 0. The normalized spacial score (nSPS) is 11.8. The second kappa shape index (κ2) is 16.7. The topological polar surface area (TPSA) is 6.48 Å². The maximum absolute atomic E-state index is 2.53. The fourth-order valence-electron chi connectivity index (χ4n) is 11.8. The lowest BCUT2D eigenvalue weighted by atomic mass is 9.84. The molecule has 0 aliphatic heterocycles. The summed E-state index contributed by atoms with van der Waals surface area (Å²) in [5, 5.41) is 17.0. The molecular formula is C70H48N2. The Morgan fingerprint density at radius 1 is 0.222 bits per heavy atom. The van der Waals surface area contributed by atoms with Crippen LogP contribution in [0.4, 0.5) is 34.1 Å². The molecule has 0 aliphatic rings. The van der Waals surface area contributed by atoms with E-state index < -0.39 is 0 Å². The van der Waals surface area contributed by atoms with E-state index in [1.54, 1.807) is 0 Å². The van der Waals surface area contributed by atoms with Gasteiger partial charge in [-0.25, -0.2) is 0 Å². The molecule has 338 valence electrons. The molecule has 2 heteroatoms. The highest BCUT2D eigenvalue weighted by Gasteiger charge is 2.27. The van der Waals surface area contributed by atoms with Gasteiger partial charge in [-0.1, -0.05) is 206 Å². The number of fused-ring (bicyclic) bond motifs is 4. The van der Waals surface area contributed by atoms with E-state index in [4.69, 9.17) is 0 Å². The highest BCUT2D eigenvalue weighted by atomic mass is 15.2. The molecule has 14 rings (SSSR count). The number of aryl methyl sites for hydroxylation is 2. The Balaban J connectivity index is 1.20. The van der Waals surface area contributed by atoms with Crippen molar-refractivity contribution in [3.8, 4) is 22.3 Å². The molecule has 0 N–H and O–H groups in total. The number of nitrogens with zero attached hydrogens (tertiary/aromatic N) is 2. The van der Waals surface area contributed by atoms with Crippen LogP contribution in [0.25, 0.3) is 97.7 Å².